The fourth-order valence-electron chi connectivity index (χ4n) is 3.85. The number of nitrogens with one attached hydrogen (secondary N) is 1. The highest BCUT2D eigenvalue weighted by molar-refractivity contribution is 6.03. The minimum atomic E-state index is -0.536. The van der Waals surface area contributed by atoms with Crippen molar-refractivity contribution in [2.75, 3.05) is 19.0 Å². The van der Waals surface area contributed by atoms with Crippen molar-refractivity contribution in [2.24, 2.45) is 0 Å². The highest BCUT2D eigenvalue weighted by atomic mass is 16.6. The van der Waals surface area contributed by atoms with Gasteiger partial charge in [0.1, 0.15) is 23.5 Å². The van der Waals surface area contributed by atoms with Crippen LogP contribution in [0.25, 0.3) is 22.1 Å². The molecule has 0 saturated carbocycles. The lowest BCUT2D eigenvalue weighted by Crippen LogP contribution is -2.25. The molecule has 1 aromatic heterocycles. The van der Waals surface area contributed by atoms with E-state index in [-0.39, 0.29) is 19.0 Å². The van der Waals surface area contributed by atoms with Crippen LogP contribution in [0.2, 0.25) is 0 Å². The van der Waals surface area contributed by atoms with Crippen LogP contribution in [0.15, 0.2) is 72.4 Å². The molecule has 0 aliphatic carbocycles. The van der Waals surface area contributed by atoms with Gasteiger partial charge in [0, 0.05) is 29.1 Å². The molecule has 5 heteroatoms. The molecule has 3 rings (SSSR count). The fraction of sp³-hybridized carbons (Fsp3) is 0.323. The van der Waals surface area contributed by atoms with Gasteiger partial charge in [0.25, 0.3) is 0 Å². The van der Waals surface area contributed by atoms with Gasteiger partial charge >= 0.3 is 5.97 Å². The molecule has 0 bridgehead atoms. The van der Waals surface area contributed by atoms with E-state index in [0.29, 0.717) is 5.75 Å². The molecular formula is C31H39NO4. The topological polar surface area (TPSA) is 60.7 Å². The summed E-state index contributed by atoms with van der Waals surface area (Å²) in [5.41, 5.74) is 5.58. The van der Waals surface area contributed by atoms with Gasteiger partial charge in [0.2, 0.25) is 0 Å². The summed E-state index contributed by atoms with van der Waals surface area (Å²) in [6.45, 7) is 20.0. The van der Waals surface area contributed by atoms with Crippen molar-refractivity contribution in [3.63, 3.8) is 0 Å². The summed E-state index contributed by atoms with van der Waals surface area (Å²) in [7, 11) is 1.87. The van der Waals surface area contributed by atoms with Crippen molar-refractivity contribution in [3.8, 4) is 5.75 Å². The second kappa shape index (κ2) is 12.8. The largest absolute Gasteiger partial charge is 0.489 e. The van der Waals surface area contributed by atoms with Crippen LogP contribution in [0, 0.1) is 0 Å². The Hall–Kier alpha value is -3.73. The van der Waals surface area contributed by atoms with Crippen molar-refractivity contribution in [3.05, 3.63) is 84.7 Å². The molecule has 36 heavy (non-hydrogen) atoms. The second-order valence-electron chi connectivity index (χ2n) is 8.97. The standard InChI is InChI=1S/C29H33NO4.C2H6/c1-8-20(9-2)24-17-23(27(30-7)22-14-15-32-28(22)24)19(3)18-33-25-13-11-10-12-21(25)16-26(31)34-29(4,5)6;1-2/h8-15,17,30H,1,3,16,18H2,2,4-7H3;1-2H3/b20-9+;. The average molecular weight is 490 g/mol. The number of carbonyl (C=O) groups is 1. The maximum atomic E-state index is 12.4. The van der Waals surface area contributed by atoms with E-state index in [1.165, 1.54) is 0 Å². The number of hydrogen-bond acceptors (Lipinski definition) is 5. The van der Waals surface area contributed by atoms with E-state index < -0.39 is 5.60 Å². The molecule has 5 nitrogen and oxygen atoms in total. The van der Waals surface area contributed by atoms with Crippen LogP contribution in [-0.2, 0) is 16.0 Å². The maximum Gasteiger partial charge on any atom is 0.310 e. The molecule has 0 saturated heterocycles. The molecule has 0 aliphatic rings. The summed E-state index contributed by atoms with van der Waals surface area (Å²) in [5, 5.41) is 4.24. The van der Waals surface area contributed by atoms with E-state index >= 15 is 0 Å². The van der Waals surface area contributed by atoms with Crippen LogP contribution < -0.4 is 10.1 Å². The highest BCUT2D eigenvalue weighted by Gasteiger charge is 2.20. The van der Waals surface area contributed by atoms with Gasteiger partial charge in [0.15, 0.2) is 0 Å². The molecule has 0 amide bonds. The molecule has 0 radical (unpaired) electrons. The first kappa shape index (κ1) is 28.5. The Bertz CT molecular complexity index is 1240. The monoisotopic (exact) mass is 489 g/mol. The van der Waals surface area contributed by atoms with Gasteiger partial charge < -0.3 is 19.2 Å². The minimum absolute atomic E-state index is 0.136. The summed E-state index contributed by atoms with van der Waals surface area (Å²) in [5.74, 6) is 0.337. The predicted octanol–water partition coefficient (Wildman–Crippen LogP) is 8.07. The fourth-order valence-corrected chi connectivity index (χ4v) is 3.85. The lowest BCUT2D eigenvalue weighted by atomic mass is 9.95. The Morgan fingerprint density at radius 2 is 1.83 bits per heavy atom. The number of hydrogen-bond donors (Lipinski definition) is 1. The van der Waals surface area contributed by atoms with Crippen molar-refractivity contribution < 1.29 is 18.7 Å². The van der Waals surface area contributed by atoms with E-state index in [0.717, 1.165) is 44.5 Å². The SMILES string of the molecule is C=C/C(=C\C)c1cc(C(=C)COc2ccccc2CC(=O)OC(C)(C)C)c(NC)c2ccoc12.CC. The van der Waals surface area contributed by atoms with E-state index in [1.54, 1.807) is 6.26 Å². The normalized spacial score (nSPS) is 11.4. The molecule has 0 spiro atoms. The zero-order chi connectivity index (χ0) is 26.9. The van der Waals surface area contributed by atoms with Crippen LogP contribution in [-0.4, -0.2) is 25.2 Å². The highest BCUT2D eigenvalue weighted by Crippen LogP contribution is 2.38. The number of allylic oxidation sites excluding steroid dienone is 3. The van der Waals surface area contributed by atoms with Crippen LogP contribution in [0.4, 0.5) is 5.69 Å². The summed E-state index contributed by atoms with van der Waals surface area (Å²) < 4.78 is 17.4. The number of carbonyl (C=O) groups excluding carboxylic acids is 1. The number of anilines is 1. The van der Waals surface area contributed by atoms with E-state index in [1.807, 2.05) is 97.1 Å². The number of para-hydroxylation sites is 1. The van der Waals surface area contributed by atoms with Crippen molar-refractivity contribution in [2.45, 2.75) is 53.6 Å². The molecule has 1 heterocycles. The first-order valence-corrected chi connectivity index (χ1v) is 12.3. The summed E-state index contributed by atoms with van der Waals surface area (Å²) >= 11 is 0. The molecular weight excluding hydrogens is 450 g/mol. The number of rotatable bonds is 9. The van der Waals surface area contributed by atoms with Crippen molar-refractivity contribution >= 4 is 33.8 Å². The zero-order valence-electron chi connectivity index (χ0n) is 22.7. The third-order valence-corrected chi connectivity index (χ3v) is 5.34. The second-order valence-corrected chi connectivity index (χ2v) is 8.97. The Kier molecular flexibility index (Phi) is 10.2. The first-order valence-electron chi connectivity index (χ1n) is 12.3. The van der Waals surface area contributed by atoms with Crippen LogP contribution in [0.5, 0.6) is 5.75 Å². The van der Waals surface area contributed by atoms with E-state index in [2.05, 4.69) is 18.5 Å². The third-order valence-electron chi connectivity index (χ3n) is 5.34. The van der Waals surface area contributed by atoms with Gasteiger partial charge in [-0.25, -0.2) is 0 Å². The minimum Gasteiger partial charge on any atom is -0.489 e. The molecule has 0 unspecified atom stereocenters. The Morgan fingerprint density at radius 3 is 2.44 bits per heavy atom. The van der Waals surface area contributed by atoms with Gasteiger partial charge in [-0.2, -0.15) is 0 Å². The lowest BCUT2D eigenvalue weighted by Gasteiger charge is -2.20. The van der Waals surface area contributed by atoms with Gasteiger partial charge in [-0.1, -0.05) is 57.4 Å². The first-order chi connectivity index (χ1) is 17.2. The Labute approximate surface area is 215 Å². The zero-order valence-corrected chi connectivity index (χ0v) is 22.7. The summed E-state index contributed by atoms with van der Waals surface area (Å²) in [4.78, 5) is 12.4. The molecule has 0 aliphatic heterocycles. The predicted molar refractivity (Wildman–Crippen MR) is 151 cm³/mol. The van der Waals surface area contributed by atoms with Gasteiger partial charge in [-0.05, 0) is 57.0 Å². The number of esters is 1. The molecule has 3 aromatic rings. The summed E-state index contributed by atoms with van der Waals surface area (Å²) in [6.07, 6.45) is 5.63. The summed E-state index contributed by atoms with van der Waals surface area (Å²) in [6, 6.07) is 11.5. The average Bonchev–Trinajstić information content (AvgIpc) is 3.34. The van der Waals surface area contributed by atoms with Gasteiger partial charge in [0.05, 0.1) is 18.4 Å². The molecule has 1 N–H and O–H groups in total. The smallest absolute Gasteiger partial charge is 0.310 e. The molecule has 2 aromatic carbocycles. The molecule has 0 fully saturated rings. The van der Waals surface area contributed by atoms with Gasteiger partial charge in [-0.3, -0.25) is 4.79 Å². The van der Waals surface area contributed by atoms with E-state index in [9.17, 15) is 4.79 Å². The Balaban J connectivity index is 0.00000222. The Morgan fingerprint density at radius 1 is 1.14 bits per heavy atom. The van der Waals surface area contributed by atoms with Crippen LogP contribution in [0.1, 0.15) is 58.2 Å². The maximum absolute atomic E-state index is 12.4. The van der Waals surface area contributed by atoms with Crippen molar-refractivity contribution in [1.82, 2.24) is 0 Å². The van der Waals surface area contributed by atoms with Crippen LogP contribution >= 0.6 is 0 Å². The van der Waals surface area contributed by atoms with Gasteiger partial charge in [-0.15, -0.1) is 0 Å². The lowest BCUT2D eigenvalue weighted by molar-refractivity contribution is -0.153. The van der Waals surface area contributed by atoms with E-state index in [4.69, 9.17) is 13.9 Å². The quantitative estimate of drug-likeness (QED) is 0.243. The molecule has 0 atom stereocenters. The van der Waals surface area contributed by atoms with Crippen molar-refractivity contribution in [1.29, 1.82) is 0 Å². The molecule has 192 valence electrons. The third kappa shape index (κ3) is 6.91. The number of fused-ring (bicyclic) bond motifs is 1. The number of ether oxygens (including phenoxy) is 2. The number of benzene rings is 2. The van der Waals surface area contributed by atoms with Crippen LogP contribution in [0.3, 0.4) is 0 Å². The number of furan rings is 1.